The number of unbranched alkanes of at least 4 members (excludes halogenated alkanes) is 1. The molecule has 0 heterocycles. The zero-order valence-corrected chi connectivity index (χ0v) is 22.1. The highest BCUT2D eigenvalue weighted by Gasteiger charge is 2.68. The van der Waals surface area contributed by atoms with Crippen molar-refractivity contribution in [1.82, 2.24) is 0 Å². The molecule has 0 spiro atoms. The van der Waals surface area contributed by atoms with Crippen molar-refractivity contribution >= 4 is 22.1 Å². The Hall–Kier alpha value is -2.67. The van der Waals surface area contributed by atoms with E-state index in [2.05, 4.69) is 14.2 Å². The molecule has 0 saturated heterocycles. The van der Waals surface area contributed by atoms with E-state index in [1.54, 1.807) is 0 Å². The van der Waals surface area contributed by atoms with E-state index >= 15 is 0 Å². The second-order valence-corrected chi connectivity index (χ2v) is 10.7. The number of ether oxygens (including phenoxy) is 3. The molecule has 1 saturated carbocycles. The molecule has 240 valence electrons. The van der Waals surface area contributed by atoms with Gasteiger partial charge in [-0.15, -0.1) is 0 Å². The first-order valence-corrected chi connectivity index (χ1v) is 13.5. The number of hydrogen-bond acceptors (Lipinski definition) is 7. The van der Waals surface area contributed by atoms with Gasteiger partial charge in [0.2, 0.25) is 0 Å². The molecule has 0 aromatic heterocycles. The van der Waals surface area contributed by atoms with Crippen LogP contribution in [-0.4, -0.2) is 54.7 Å². The molecule has 8 nitrogen and oxygen atoms in total. The SMILES string of the molecule is O=C(OC(OCCCCC(F)(F)C(F)(F)S(=O)(=O)O)(C(=O)Oc1ccc(C(F)(F)F)cc1)C(F)(F)F)C1CCCCC1. The lowest BCUT2D eigenvalue weighted by Gasteiger charge is -2.34. The van der Waals surface area contributed by atoms with Crippen LogP contribution < -0.4 is 4.74 Å². The van der Waals surface area contributed by atoms with E-state index in [1.807, 2.05) is 0 Å². The molecule has 1 aromatic rings. The first kappa shape index (κ1) is 35.5. The number of esters is 2. The van der Waals surface area contributed by atoms with Crippen molar-refractivity contribution in [3.63, 3.8) is 0 Å². The number of rotatable bonds is 12. The molecule has 1 aliphatic rings. The lowest BCUT2D eigenvalue weighted by atomic mass is 9.89. The Labute approximate surface area is 232 Å². The quantitative estimate of drug-likeness (QED) is 0.0701. The van der Waals surface area contributed by atoms with Crippen LogP contribution in [0.2, 0.25) is 0 Å². The first-order chi connectivity index (χ1) is 19.1. The Bertz CT molecular complexity index is 1190. The van der Waals surface area contributed by atoms with Crippen LogP contribution in [0.5, 0.6) is 5.75 Å². The fraction of sp³-hybridized carbons (Fsp3) is 0.652. The first-order valence-electron chi connectivity index (χ1n) is 12.1. The number of carbonyl (C=O) groups excluding carboxylic acids is 2. The monoisotopic (exact) mass is 650 g/mol. The van der Waals surface area contributed by atoms with Crippen molar-refractivity contribution < 1.29 is 80.7 Å². The molecule has 1 fully saturated rings. The van der Waals surface area contributed by atoms with Crippen molar-refractivity contribution in [3.8, 4) is 5.75 Å². The Morgan fingerprint density at radius 2 is 1.40 bits per heavy atom. The summed E-state index contributed by atoms with van der Waals surface area (Å²) in [6, 6.07) is 1.72. The van der Waals surface area contributed by atoms with E-state index in [9.17, 15) is 61.9 Å². The van der Waals surface area contributed by atoms with Crippen LogP contribution in [0.25, 0.3) is 0 Å². The van der Waals surface area contributed by atoms with Gasteiger partial charge in [-0.05, 0) is 49.9 Å². The lowest BCUT2D eigenvalue weighted by molar-refractivity contribution is -0.354. The van der Waals surface area contributed by atoms with E-state index in [0.29, 0.717) is 43.5 Å². The highest BCUT2D eigenvalue weighted by Crippen LogP contribution is 2.42. The Morgan fingerprint density at radius 1 is 0.857 bits per heavy atom. The second-order valence-electron chi connectivity index (χ2n) is 9.28. The van der Waals surface area contributed by atoms with Crippen molar-refractivity contribution in [2.24, 2.45) is 5.92 Å². The molecule has 42 heavy (non-hydrogen) atoms. The highest BCUT2D eigenvalue weighted by atomic mass is 32.2. The van der Waals surface area contributed by atoms with E-state index in [-0.39, 0.29) is 12.8 Å². The molecular weight excluding hydrogens is 626 g/mol. The van der Waals surface area contributed by atoms with Gasteiger partial charge >= 0.3 is 51.4 Å². The normalized spacial score (nSPS) is 17.4. The summed E-state index contributed by atoms with van der Waals surface area (Å²) in [5, 5.41) is -5.93. The Kier molecular flexibility index (Phi) is 10.9. The maximum absolute atomic E-state index is 14.3. The minimum absolute atomic E-state index is 0.0811. The third-order valence-corrected chi connectivity index (χ3v) is 7.10. The maximum atomic E-state index is 14.3. The van der Waals surface area contributed by atoms with Gasteiger partial charge in [0.15, 0.2) is 0 Å². The van der Waals surface area contributed by atoms with Gasteiger partial charge in [0, 0.05) is 6.42 Å². The van der Waals surface area contributed by atoms with E-state index < -0.39 is 94.5 Å². The predicted octanol–water partition coefficient (Wildman–Crippen LogP) is 6.30. The molecule has 1 aromatic carbocycles. The molecule has 1 N–H and O–H groups in total. The molecule has 0 bridgehead atoms. The number of benzene rings is 1. The van der Waals surface area contributed by atoms with Crippen molar-refractivity contribution in [3.05, 3.63) is 29.8 Å². The van der Waals surface area contributed by atoms with E-state index in [0.717, 1.165) is 0 Å². The Morgan fingerprint density at radius 3 is 1.88 bits per heavy atom. The van der Waals surface area contributed by atoms with E-state index in [4.69, 9.17) is 4.55 Å². The number of carbonyl (C=O) groups is 2. The molecule has 0 aliphatic heterocycles. The van der Waals surface area contributed by atoms with Crippen LogP contribution in [0.1, 0.15) is 56.9 Å². The zero-order chi connectivity index (χ0) is 32.2. The minimum atomic E-state index is -6.57. The summed E-state index contributed by atoms with van der Waals surface area (Å²) in [4.78, 5) is 25.4. The van der Waals surface area contributed by atoms with Gasteiger partial charge in [-0.2, -0.15) is 52.3 Å². The van der Waals surface area contributed by atoms with Gasteiger partial charge in [-0.3, -0.25) is 9.35 Å². The van der Waals surface area contributed by atoms with Gasteiger partial charge < -0.3 is 14.2 Å². The van der Waals surface area contributed by atoms with Crippen LogP contribution in [0.15, 0.2) is 24.3 Å². The highest BCUT2D eigenvalue weighted by molar-refractivity contribution is 7.87. The molecule has 19 heteroatoms. The number of alkyl halides is 10. The van der Waals surface area contributed by atoms with Crippen molar-refractivity contribution in [2.75, 3.05) is 6.61 Å². The molecule has 0 radical (unpaired) electrons. The average Bonchev–Trinajstić information content (AvgIpc) is 2.86. The summed E-state index contributed by atoms with van der Waals surface area (Å²) >= 11 is 0. The Balaban J connectivity index is 2.29. The van der Waals surface area contributed by atoms with Gasteiger partial charge in [0.1, 0.15) is 5.75 Å². The van der Waals surface area contributed by atoms with Crippen LogP contribution in [0.4, 0.5) is 43.9 Å². The summed E-state index contributed by atoms with van der Waals surface area (Å²) in [5.74, 6) is -15.9. The number of halogens is 10. The fourth-order valence-corrected chi connectivity index (χ4v) is 4.31. The van der Waals surface area contributed by atoms with Crippen molar-refractivity contribution in [2.45, 2.75) is 80.7 Å². The summed E-state index contributed by atoms with van der Waals surface area (Å²) < 4.78 is 178. The van der Waals surface area contributed by atoms with Crippen LogP contribution >= 0.6 is 0 Å². The maximum Gasteiger partial charge on any atom is 0.468 e. The molecule has 2 rings (SSSR count). The van der Waals surface area contributed by atoms with Gasteiger partial charge in [0.05, 0.1) is 18.1 Å². The molecule has 0 amide bonds. The predicted molar refractivity (Wildman–Crippen MR) is 120 cm³/mol. The topological polar surface area (TPSA) is 116 Å². The fourth-order valence-electron chi connectivity index (χ4n) is 3.83. The summed E-state index contributed by atoms with van der Waals surface area (Å²) in [6.45, 7) is -1.37. The van der Waals surface area contributed by atoms with Crippen LogP contribution in [0.3, 0.4) is 0 Å². The molecular formula is C23H24F10O8S. The molecule has 1 aliphatic carbocycles. The van der Waals surface area contributed by atoms with Crippen LogP contribution in [0, 0.1) is 5.92 Å². The van der Waals surface area contributed by atoms with Gasteiger partial charge in [-0.25, -0.2) is 4.79 Å². The van der Waals surface area contributed by atoms with Gasteiger partial charge in [0.25, 0.3) is 0 Å². The smallest absolute Gasteiger partial charge is 0.421 e. The third kappa shape index (κ3) is 8.24. The average molecular weight is 650 g/mol. The van der Waals surface area contributed by atoms with Crippen LogP contribution in [-0.2, 0) is 35.4 Å². The van der Waals surface area contributed by atoms with Gasteiger partial charge in [-0.1, -0.05) is 19.3 Å². The lowest BCUT2D eigenvalue weighted by Crippen LogP contribution is -2.59. The molecule has 1 atom stereocenters. The third-order valence-electron chi connectivity index (χ3n) is 6.16. The second kappa shape index (κ2) is 12.9. The summed E-state index contributed by atoms with van der Waals surface area (Å²) in [7, 11) is -6.57. The number of hydrogen-bond donors (Lipinski definition) is 1. The minimum Gasteiger partial charge on any atom is -0.421 e. The standard InChI is InChI=1S/C23H24F10O8S/c24-19(25,23(32,33)42(36,37)38)12-4-5-13-39-20(22(29,30)31,41-17(34)14-6-2-1-3-7-14)18(35)40-16-10-8-15(9-11-16)21(26,27)28/h8-11,14H,1-7,12-13H2,(H,36,37,38). The largest absolute Gasteiger partial charge is 0.468 e. The molecule has 1 unspecified atom stereocenters. The summed E-state index contributed by atoms with van der Waals surface area (Å²) in [6.07, 6.45) is -13.2. The zero-order valence-electron chi connectivity index (χ0n) is 21.2. The summed E-state index contributed by atoms with van der Waals surface area (Å²) in [5.41, 5.74) is -1.25. The van der Waals surface area contributed by atoms with Crippen molar-refractivity contribution in [1.29, 1.82) is 0 Å². The van der Waals surface area contributed by atoms with E-state index in [1.165, 1.54) is 0 Å².